The van der Waals surface area contributed by atoms with Crippen molar-refractivity contribution in [3.05, 3.63) is 44.9 Å². The molecule has 4 heteroatoms. The van der Waals surface area contributed by atoms with Gasteiger partial charge in [0.1, 0.15) is 0 Å². The Balaban J connectivity index is 2.22. The third-order valence-electron chi connectivity index (χ3n) is 3.63. The lowest BCUT2D eigenvalue weighted by Crippen LogP contribution is -2.25. The molecule has 0 saturated heterocycles. The first kappa shape index (κ1) is 16.1. The Morgan fingerprint density at radius 1 is 1.14 bits per heavy atom. The Morgan fingerprint density at radius 2 is 1.90 bits per heavy atom. The van der Waals surface area contributed by atoms with Gasteiger partial charge in [-0.05, 0) is 57.0 Å². The van der Waals surface area contributed by atoms with Crippen molar-refractivity contribution < 1.29 is 0 Å². The lowest BCUT2D eigenvalue weighted by Gasteiger charge is -2.20. The first-order valence-electron chi connectivity index (χ1n) is 7.75. The van der Waals surface area contributed by atoms with E-state index in [1.54, 1.807) is 0 Å². The molecular formula is C17H25N3S. The molecule has 0 aromatic carbocycles. The monoisotopic (exact) mass is 303 g/mol. The summed E-state index contributed by atoms with van der Waals surface area (Å²) in [5.74, 6) is 0. The maximum Gasteiger partial charge on any atom is 0.0648 e. The van der Waals surface area contributed by atoms with Crippen LogP contribution < -0.4 is 5.32 Å². The summed E-state index contributed by atoms with van der Waals surface area (Å²) >= 11 is 1.92. The number of rotatable bonds is 7. The Hall–Kier alpha value is -1.26. The Bertz CT molecular complexity index is 577. The maximum atomic E-state index is 4.28. The molecule has 0 amide bonds. The molecule has 2 aromatic heterocycles. The van der Waals surface area contributed by atoms with E-state index in [1.807, 2.05) is 25.2 Å². The van der Waals surface area contributed by atoms with Gasteiger partial charge in [-0.15, -0.1) is 11.3 Å². The highest BCUT2D eigenvalue weighted by atomic mass is 32.1. The number of hydrogen-bond acceptors (Lipinski definition) is 4. The van der Waals surface area contributed by atoms with Crippen LogP contribution >= 0.6 is 11.3 Å². The highest BCUT2D eigenvalue weighted by Gasteiger charge is 2.16. The molecule has 1 N–H and O–H groups in total. The van der Waals surface area contributed by atoms with E-state index in [1.165, 1.54) is 15.3 Å². The topological polar surface area (TPSA) is 37.8 Å². The molecule has 1 unspecified atom stereocenters. The van der Waals surface area contributed by atoms with Crippen molar-refractivity contribution in [1.82, 2.24) is 15.5 Å². The second-order valence-electron chi connectivity index (χ2n) is 5.46. The standard InChI is InChI=1S/C17H25N3S/c1-5-9-18-17(11-15-8-7-14(6-2)21-15)16-10-12(3)19-20-13(16)4/h7-8,10,17-18H,5-6,9,11H2,1-4H3. The van der Waals surface area contributed by atoms with Gasteiger partial charge in [-0.1, -0.05) is 13.8 Å². The summed E-state index contributed by atoms with van der Waals surface area (Å²) in [5.41, 5.74) is 3.29. The summed E-state index contributed by atoms with van der Waals surface area (Å²) < 4.78 is 0. The van der Waals surface area contributed by atoms with E-state index in [2.05, 4.69) is 47.6 Å². The number of aromatic nitrogens is 2. The van der Waals surface area contributed by atoms with E-state index in [4.69, 9.17) is 0 Å². The van der Waals surface area contributed by atoms with Crippen molar-refractivity contribution in [2.75, 3.05) is 6.54 Å². The van der Waals surface area contributed by atoms with Crippen molar-refractivity contribution in [2.24, 2.45) is 0 Å². The molecule has 114 valence electrons. The highest BCUT2D eigenvalue weighted by Crippen LogP contribution is 2.25. The predicted molar refractivity (Wildman–Crippen MR) is 89.9 cm³/mol. The van der Waals surface area contributed by atoms with Crippen molar-refractivity contribution in [3.63, 3.8) is 0 Å². The van der Waals surface area contributed by atoms with E-state index in [9.17, 15) is 0 Å². The molecule has 2 aromatic rings. The number of aryl methyl sites for hydroxylation is 3. The zero-order valence-electron chi connectivity index (χ0n) is 13.4. The molecule has 0 fully saturated rings. The van der Waals surface area contributed by atoms with Gasteiger partial charge in [0.2, 0.25) is 0 Å². The quantitative estimate of drug-likeness (QED) is 0.840. The number of thiophene rings is 1. The fraction of sp³-hybridized carbons (Fsp3) is 0.529. The number of hydrogen-bond donors (Lipinski definition) is 1. The van der Waals surface area contributed by atoms with Gasteiger partial charge >= 0.3 is 0 Å². The summed E-state index contributed by atoms with van der Waals surface area (Å²) in [6.45, 7) is 9.49. The Morgan fingerprint density at radius 3 is 2.57 bits per heavy atom. The third kappa shape index (κ3) is 4.35. The molecule has 0 aliphatic carbocycles. The maximum absolute atomic E-state index is 4.28. The molecular weight excluding hydrogens is 278 g/mol. The zero-order valence-corrected chi connectivity index (χ0v) is 14.3. The zero-order chi connectivity index (χ0) is 15.2. The molecule has 0 spiro atoms. The van der Waals surface area contributed by atoms with Crippen LogP contribution in [0.25, 0.3) is 0 Å². The van der Waals surface area contributed by atoms with Crippen LogP contribution in [-0.4, -0.2) is 16.7 Å². The highest BCUT2D eigenvalue weighted by molar-refractivity contribution is 7.11. The van der Waals surface area contributed by atoms with Crippen LogP contribution in [0.4, 0.5) is 0 Å². The van der Waals surface area contributed by atoms with Crippen LogP contribution in [0.15, 0.2) is 18.2 Å². The summed E-state index contributed by atoms with van der Waals surface area (Å²) in [6, 6.07) is 7.01. The molecule has 0 saturated carbocycles. The second-order valence-corrected chi connectivity index (χ2v) is 6.71. The fourth-order valence-electron chi connectivity index (χ4n) is 2.46. The molecule has 0 aliphatic heterocycles. The van der Waals surface area contributed by atoms with Crippen LogP contribution in [0.2, 0.25) is 0 Å². The van der Waals surface area contributed by atoms with E-state index in [-0.39, 0.29) is 0 Å². The van der Waals surface area contributed by atoms with Crippen LogP contribution in [-0.2, 0) is 12.8 Å². The number of nitrogens with zero attached hydrogens (tertiary/aromatic N) is 2. The van der Waals surface area contributed by atoms with Crippen molar-refractivity contribution in [2.45, 2.75) is 53.0 Å². The van der Waals surface area contributed by atoms with Crippen LogP contribution in [0, 0.1) is 13.8 Å². The average molecular weight is 303 g/mol. The minimum absolute atomic E-state index is 0.322. The van der Waals surface area contributed by atoms with Gasteiger partial charge in [-0.2, -0.15) is 10.2 Å². The van der Waals surface area contributed by atoms with Crippen LogP contribution in [0.1, 0.15) is 53.0 Å². The lowest BCUT2D eigenvalue weighted by molar-refractivity contribution is 0.526. The minimum atomic E-state index is 0.322. The van der Waals surface area contributed by atoms with Gasteiger partial charge in [0.15, 0.2) is 0 Å². The Kier molecular flexibility index (Phi) is 5.88. The summed E-state index contributed by atoms with van der Waals surface area (Å²) in [7, 11) is 0. The van der Waals surface area contributed by atoms with Crippen molar-refractivity contribution in [1.29, 1.82) is 0 Å². The normalized spacial score (nSPS) is 12.6. The van der Waals surface area contributed by atoms with Crippen molar-refractivity contribution >= 4 is 11.3 Å². The third-order valence-corrected chi connectivity index (χ3v) is 4.88. The fourth-order valence-corrected chi connectivity index (χ4v) is 3.46. The van der Waals surface area contributed by atoms with Crippen LogP contribution in [0.5, 0.6) is 0 Å². The lowest BCUT2D eigenvalue weighted by atomic mass is 10.0. The van der Waals surface area contributed by atoms with E-state index in [0.29, 0.717) is 6.04 Å². The van der Waals surface area contributed by atoms with Crippen molar-refractivity contribution in [3.8, 4) is 0 Å². The summed E-state index contributed by atoms with van der Waals surface area (Å²) in [6.07, 6.45) is 3.28. The predicted octanol–water partition coefficient (Wildman–Crippen LogP) is 4.00. The molecule has 21 heavy (non-hydrogen) atoms. The largest absolute Gasteiger partial charge is 0.310 e. The first-order valence-corrected chi connectivity index (χ1v) is 8.57. The average Bonchev–Trinajstić information content (AvgIpc) is 2.94. The molecule has 1 atom stereocenters. The Labute approximate surface area is 131 Å². The van der Waals surface area contributed by atoms with Gasteiger partial charge in [0.05, 0.1) is 11.4 Å². The number of nitrogens with one attached hydrogen (secondary N) is 1. The molecule has 2 rings (SSSR count). The second kappa shape index (κ2) is 7.66. The molecule has 3 nitrogen and oxygen atoms in total. The molecule has 0 radical (unpaired) electrons. The van der Waals surface area contributed by atoms with Gasteiger partial charge in [-0.3, -0.25) is 0 Å². The SMILES string of the molecule is CCCNC(Cc1ccc(CC)s1)c1cc(C)nnc1C. The molecule has 0 aliphatic rings. The van der Waals surface area contributed by atoms with Gasteiger partial charge in [-0.25, -0.2) is 0 Å². The first-order chi connectivity index (χ1) is 10.1. The van der Waals surface area contributed by atoms with E-state index >= 15 is 0 Å². The van der Waals surface area contributed by atoms with Gasteiger partial charge < -0.3 is 5.32 Å². The van der Waals surface area contributed by atoms with Crippen LogP contribution in [0.3, 0.4) is 0 Å². The molecule has 2 heterocycles. The smallest absolute Gasteiger partial charge is 0.0648 e. The van der Waals surface area contributed by atoms with Gasteiger partial charge in [0.25, 0.3) is 0 Å². The van der Waals surface area contributed by atoms with E-state index in [0.717, 1.165) is 37.2 Å². The summed E-state index contributed by atoms with van der Waals surface area (Å²) in [4.78, 5) is 2.90. The summed E-state index contributed by atoms with van der Waals surface area (Å²) in [5, 5.41) is 12.1. The molecule has 0 bridgehead atoms. The minimum Gasteiger partial charge on any atom is -0.310 e. The van der Waals surface area contributed by atoms with E-state index < -0.39 is 0 Å². The van der Waals surface area contributed by atoms with Gasteiger partial charge in [0, 0.05) is 22.2 Å².